The van der Waals surface area contributed by atoms with Gasteiger partial charge in [-0.05, 0) is 43.9 Å². The normalized spacial score (nSPS) is 26.6. The smallest absolute Gasteiger partial charge is 0.313 e. The van der Waals surface area contributed by atoms with E-state index in [0.717, 1.165) is 5.56 Å². The second-order valence-electron chi connectivity index (χ2n) is 13.3. The zero-order valence-electron chi connectivity index (χ0n) is 29.0. The van der Waals surface area contributed by atoms with Crippen LogP contribution in [0, 0.1) is 18.8 Å². The number of likely N-dealkylation sites (tertiary alicyclic amines) is 1. The molecular weight excluding hydrogens is 742 g/mol. The van der Waals surface area contributed by atoms with Crippen LogP contribution in [0.1, 0.15) is 43.4 Å². The van der Waals surface area contributed by atoms with Gasteiger partial charge in [0.25, 0.3) is 5.91 Å². The number of aliphatic hydroxyl groups excluding tert-OH is 1. The second-order valence-corrected chi connectivity index (χ2v) is 14.9. The molecule has 3 fully saturated rings. The van der Waals surface area contributed by atoms with Gasteiger partial charge in [-0.1, -0.05) is 82.1 Å². The van der Waals surface area contributed by atoms with Crippen LogP contribution in [0.2, 0.25) is 5.02 Å². The lowest BCUT2D eigenvalue weighted by Crippen LogP contribution is -2.59. The largest absolute Gasteiger partial charge is 0.455 e. The number of carbonyl (C=O) groups excluding carboxylic acids is 4. The molecule has 0 radical (unpaired) electrons. The van der Waals surface area contributed by atoms with E-state index >= 15 is 0 Å². The lowest BCUT2D eigenvalue weighted by Gasteiger charge is -2.39. The molecule has 0 aromatic heterocycles. The third kappa shape index (κ3) is 7.26. The molecule has 0 aliphatic carbocycles. The number of allylic oxidation sites excluding steroid dienone is 1. The second kappa shape index (κ2) is 16.4. The molecule has 5 rings (SSSR count). The number of nitrogens with one attached hydrogen (secondary N) is 1. The van der Waals surface area contributed by atoms with Crippen molar-refractivity contribution in [3.63, 3.8) is 0 Å². The maximum atomic E-state index is 14.9. The molecule has 1 unspecified atom stereocenters. The molecule has 3 aliphatic rings. The number of aliphatic hydroxyl groups is 1. The molecule has 3 saturated heterocycles. The Balaban J connectivity index is 1.55. The number of methoxy groups -OCH3 is 1. The van der Waals surface area contributed by atoms with Crippen molar-refractivity contribution in [1.82, 2.24) is 10.2 Å². The first-order valence-corrected chi connectivity index (χ1v) is 18.3. The molecule has 9 atom stereocenters. The Morgan fingerprint density at radius 2 is 1.92 bits per heavy atom. The van der Waals surface area contributed by atoms with Gasteiger partial charge in [0.2, 0.25) is 11.8 Å². The zero-order valence-corrected chi connectivity index (χ0v) is 31.3. The topological polar surface area (TPSA) is 135 Å². The van der Waals surface area contributed by atoms with Crippen LogP contribution in [0.15, 0.2) is 73.8 Å². The minimum absolute atomic E-state index is 0.0313. The SMILES string of the molecule is C=CCCC(=O)N[C@H](COC)[C@H](OC(=O)[C@H]1[C@@H]2O[C@@]3(CC2Br)[C@@H]1C(=O)N([C@H](C)CO)[C@@H]3C(=O)N(CC=C)c1c(C)cccc1Cl)c1ccccc1. The third-order valence-electron chi connectivity index (χ3n) is 10.0. The number of hydrogen-bond donors (Lipinski definition) is 2. The average Bonchev–Trinajstić information content (AvgIpc) is 3.71. The molecule has 3 heterocycles. The lowest BCUT2D eigenvalue weighted by atomic mass is 9.70. The Morgan fingerprint density at radius 3 is 2.55 bits per heavy atom. The summed E-state index contributed by atoms with van der Waals surface area (Å²) in [7, 11) is 1.49. The Morgan fingerprint density at radius 1 is 1.20 bits per heavy atom. The van der Waals surface area contributed by atoms with Crippen LogP contribution in [0.25, 0.3) is 0 Å². The van der Waals surface area contributed by atoms with Gasteiger partial charge in [0.1, 0.15) is 17.7 Å². The number of halogens is 2. The molecule has 3 aliphatic heterocycles. The number of alkyl halides is 1. The van der Waals surface area contributed by atoms with Gasteiger partial charge in [-0.2, -0.15) is 0 Å². The fraction of sp³-hybridized carbons (Fsp3) is 0.474. The van der Waals surface area contributed by atoms with Crippen LogP contribution in [0.3, 0.4) is 0 Å². The van der Waals surface area contributed by atoms with E-state index < -0.39 is 77.0 Å². The third-order valence-corrected chi connectivity index (χ3v) is 11.2. The van der Waals surface area contributed by atoms with Crippen LogP contribution in [0.4, 0.5) is 5.69 Å². The highest BCUT2D eigenvalue weighted by Crippen LogP contribution is 2.61. The molecule has 13 heteroatoms. The van der Waals surface area contributed by atoms with Crippen molar-refractivity contribution in [2.45, 2.75) is 73.9 Å². The number of esters is 1. The molecule has 2 N–H and O–H groups in total. The number of aryl methyl sites for hydroxylation is 1. The number of ether oxygens (including phenoxy) is 3. The van der Waals surface area contributed by atoms with Crippen molar-refractivity contribution in [2.24, 2.45) is 11.8 Å². The zero-order chi connectivity index (χ0) is 37.0. The van der Waals surface area contributed by atoms with Crippen LogP contribution in [0.5, 0.6) is 0 Å². The van der Waals surface area contributed by atoms with E-state index in [-0.39, 0.29) is 31.9 Å². The summed E-state index contributed by atoms with van der Waals surface area (Å²) in [6.45, 7) is 10.7. The Bertz CT molecular complexity index is 1620. The first kappa shape index (κ1) is 38.7. The quantitative estimate of drug-likeness (QED) is 0.143. The van der Waals surface area contributed by atoms with Crippen LogP contribution >= 0.6 is 27.5 Å². The van der Waals surface area contributed by atoms with E-state index in [2.05, 4.69) is 34.4 Å². The molecule has 2 bridgehead atoms. The maximum absolute atomic E-state index is 14.9. The highest BCUT2D eigenvalue weighted by atomic mass is 79.9. The summed E-state index contributed by atoms with van der Waals surface area (Å²) in [5.41, 5.74) is 0.393. The molecule has 2 aromatic rings. The number of rotatable bonds is 16. The first-order valence-electron chi connectivity index (χ1n) is 17.0. The average molecular weight is 787 g/mol. The number of para-hydroxylation sites is 1. The highest BCUT2D eigenvalue weighted by molar-refractivity contribution is 9.09. The molecule has 2 aromatic carbocycles. The Hall–Kier alpha value is -3.55. The number of anilines is 1. The van der Waals surface area contributed by atoms with Crippen molar-refractivity contribution < 1.29 is 38.5 Å². The van der Waals surface area contributed by atoms with E-state index in [0.29, 0.717) is 22.7 Å². The van der Waals surface area contributed by atoms with Crippen molar-refractivity contribution >= 4 is 56.9 Å². The summed E-state index contributed by atoms with van der Waals surface area (Å²) in [5.74, 6) is -4.15. The van der Waals surface area contributed by atoms with Crippen molar-refractivity contribution in [3.8, 4) is 0 Å². The van der Waals surface area contributed by atoms with Gasteiger partial charge in [-0.25, -0.2) is 0 Å². The number of nitrogens with zero attached hydrogens (tertiary/aromatic N) is 2. The first-order chi connectivity index (χ1) is 24.4. The highest BCUT2D eigenvalue weighted by Gasteiger charge is 2.77. The fourth-order valence-corrected chi connectivity index (χ4v) is 9.10. The number of benzene rings is 2. The molecule has 274 valence electrons. The molecule has 0 saturated carbocycles. The van der Waals surface area contributed by atoms with Gasteiger partial charge in [-0.3, -0.25) is 19.2 Å². The van der Waals surface area contributed by atoms with Crippen molar-refractivity contribution in [1.29, 1.82) is 0 Å². The summed E-state index contributed by atoms with van der Waals surface area (Å²) in [4.78, 5) is 59.4. The number of fused-ring (bicyclic) bond motifs is 1. The van der Waals surface area contributed by atoms with Crippen LogP contribution in [-0.4, -0.2) is 95.2 Å². The lowest BCUT2D eigenvalue weighted by molar-refractivity contribution is -0.163. The maximum Gasteiger partial charge on any atom is 0.313 e. The Labute approximate surface area is 312 Å². The van der Waals surface area contributed by atoms with E-state index in [1.165, 1.54) is 16.9 Å². The van der Waals surface area contributed by atoms with Crippen LogP contribution < -0.4 is 10.2 Å². The Kier molecular flexibility index (Phi) is 12.4. The fourth-order valence-electron chi connectivity index (χ4n) is 7.84. The van der Waals surface area contributed by atoms with E-state index in [1.54, 1.807) is 55.5 Å². The number of hydrogen-bond acceptors (Lipinski definition) is 8. The van der Waals surface area contributed by atoms with Crippen LogP contribution in [-0.2, 0) is 33.4 Å². The predicted molar refractivity (Wildman–Crippen MR) is 196 cm³/mol. The van der Waals surface area contributed by atoms with E-state index in [4.69, 9.17) is 25.8 Å². The minimum atomic E-state index is -1.43. The molecule has 3 amide bonds. The summed E-state index contributed by atoms with van der Waals surface area (Å²) in [6, 6.07) is 11.5. The standard InChI is InChI=1S/C38H45BrClN3O8/c1-6-8-17-28(45)41-27(21-49-5)32(24-14-10-9-11-15-24)50-37(48)29-30-35(46)43(23(4)20-44)34(38(30)19-25(39)33(29)51-38)36(47)42(18-7-2)31-22(3)13-12-16-26(31)40/h6-7,9-16,23,25,27,29-30,32-34,44H,1-2,8,17-21H2,3-5H3,(H,41,45)/t23-,25?,27-,29-,30+,32-,33-,34-,38+/m1/s1. The van der Waals surface area contributed by atoms with E-state index in [1.807, 2.05) is 19.1 Å². The summed E-state index contributed by atoms with van der Waals surface area (Å²) in [6.07, 6.45) is 2.33. The minimum Gasteiger partial charge on any atom is -0.455 e. The van der Waals surface area contributed by atoms with E-state index in [9.17, 15) is 24.3 Å². The number of amides is 3. The van der Waals surface area contributed by atoms with Gasteiger partial charge in [-0.15, -0.1) is 13.2 Å². The summed E-state index contributed by atoms with van der Waals surface area (Å²) < 4.78 is 18.4. The van der Waals surface area contributed by atoms with Crippen molar-refractivity contribution in [3.05, 3.63) is 90.0 Å². The molecule has 51 heavy (non-hydrogen) atoms. The predicted octanol–water partition coefficient (Wildman–Crippen LogP) is 4.68. The monoisotopic (exact) mass is 785 g/mol. The van der Waals surface area contributed by atoms with Gasteiger partial charge in [0.15, 0.2) is 0 Å². The number of carbonyl (C=O) groups is 4. The summed E-state index contributed by atoms with van der Waals surface area (Å²) >= 11 is 10.4. The molecular formula is C38H45BrClN3O8. The van der Waals surface area contributed by atoms with Gasteiger partial charge < -0.3 is 34.4 Å². The molecule has 11 nitrogen and oxygen atoms in total. The molecule has 1 spiro atoms. The summed E-state index contributed by atoms with van der Waals surface area (Å²) in [5, 5.41) is 13.6. The van der Waals surface area contributed by atoms with Gasteiger partial charge in [0.05, 0.1) is 53.9 Å². The van der Waals surface area contributed by atoms with Gasteiger partial charge in [0, 0.05) is 24.9 Å². The van der Waals surface area contributed by atoms with Crippen molar-refractivity contribution in [2.75, 3.05) is 31.8 Å². The van der Waals surface area contributed by atoms with Gasteiger partial charge >= 0.3 is 5.97 Å².